The Balaban J connectivity index is 3.17. The highest BCUT2D eigenvalue weighted by molar-refractivity contribution is 6.34. The number of carbonyl (C=O) groups is 1. The Kier molecular flexibility index (Phi) is 5.94. The molecule has 0 atom stereocenters. The van der Waals surface area contributed by atoms with Crippen LogP contribution in [0.3, 0.4) is 0 Å². The Morgan fingerprint density at radius 2 is 2.20 bits per heavy atom. The molecule has 0 aliphatic heterocycles. The zero-order valence-electron chi connectivity index (χ0n) is 11.6. The number of carbonyl (C=O) groups excluding carboxylic acids is 1. The van der Waals surface area contributed by atoms with Gasteiger partial charge in [-0.25, -0.2) is 0 Å². The largest absolute Gasteiger partial charge is 0.347 e. The summed E-state index contributed by atoms with van der Waals surface area (Å²) in [5, 5.41) is 0.197. The quantitative estimate of drug-likeness (QED) is 0.453. The van der Waals surface area contributed by atoms with Crippen LogP contribution in [-0.2, 0) is 4.79 Å². The Hall–Kier alpha value is -2.13. The summed E-state index contributed by atoms with van der Waals surface area (Å²) >= 11 is 5.81. The van der Waals surface area contributed by atoms with Crippen LogP contribution in [0.1, 0.15) is 6.92 Å². The summed E-state index contributed by atoms with van der Waals surface area (Å²) in [7, 11) is 1.92. The summed E-state index contributed by atoms with van der Waals surface area (Å²) in [4.78, 5) is 17.1. The molecule has 0 fully saturated rings. The number of nitrogens with zero attached hydrogens (tertiary/aromatic N) is 2. The summed E-state index contributed by atoms with van der Waals surface area (Å²) in [5.74, 6) is 0. The predicted molar refractivity (Wildman–Crippen MR) is 84.7 cm³/mol. The molecule has 20 heavy (non-hydrogen) atoms. The van der Waals surface area contributed by atoms with E-state index in [1.165, 1.54) is 0 Å². The molecule has 104 valence electrons. The molecule has 0 saturated heterocycles. The molecule has 0 amide bonds. The van der Waals surface area contributed by atoms with Gasteiger partial charge in [-0.1, -0.05) is 30.8 Å². The van der Waals surface area contributed by atoms with E-state index in [9.17, 15) is 4.79 Å². The molecular weight excluding hydrogens is 272 g/mol. The van der Waals surface area contributed by atoms with Gasteiger partial charge in [0.15, 0.2) is 6.29 Å². The van der Waals surface area contributed by atoms with Crippen LogP contribution in [-0.4, -0.2) is 18.3 Å². The third kappa shape index (κ3) is 3.93. The number of anilines is 1. The minimum absolute atomic E-state index is 0.197. The van der Waals surface area contributed by atoms with Crippen molar-refractivity contribution >= 4 is 23.6 Å². The van der Waals surface area contributed by atoms with Gasteiger partial charge in [-0.15, -0.1) is 0 Å². The Morgan fingerprint density at radius 3 is 2.65 bits per heavy atom. The zero-order chi connectivity index (χ0) is 15.1. The van der Waals surface area contributed by atoms with Crippen LogP contribution in [0, 0.1) is 0 Å². The molecular formula is C16H17ClN2O. The van der Waals surface area contributed by atoms with E-state index >= 15 is 0 Å². The molecule has 0 N–H and O–H groups in total. The fourth-order valence-electron chi connectivity index (χ4n) is 1.61. The van der Waals surface area contributed by atoms with E-state index in [0.717, 1.165) is 11.4 Å². The number of aldehydes is 1. The van der Waals surface area contributed by atoms with Crippen LogP contribution in [0.2, 0.25) is 0 Å². The van der Waals surface area contributed by atoms with Crippen molar-refractivity contribution in [2.75, 3.05) is 11.9 Å². The van der Waals surface area contributed by atoms with E-state index in [-0.39, 0.29) is 5.03 Å². The molecule has 0 aliphatic rings. The lowest BCUT2D eigenvalue weighted by Gasteiger charge is -2.20. The van der Waals surface area contributed by atoms with Gasteiger partial charge < -0.3 is 4.90 Å². The second kappa shape index (κ2) is 7.46. The molecule has 0 saturated carbocycles. The van der Waals surface area contributed by atoms with Crippen LogP contribution >= 0.6 is 11.6 Å². The normalized spacial score (nSPS) is 12.4. The number of hydrogen-bond donors (Lipinski definition) is 0. The average molecular weight is 289 g/mol. The van der Waals surface area contributed by atoms with Crippen molar-refractivity contribution in [1.82, 2.24) is 4.98 Å². The molecule has 0 unspecified atom stereocenters. The van der Waals surface area contributed by atoms with Gasteiger partial charge in [-0.05, 0) is 30.7 Å². The van der Waals surface area contributed by atoms with Crippen LogP contribution in [0.15, 0.2) is 71.7 Å². The van der Waals surface area contributed by atoms with Crippen LogP contribution in [0.4, 0.5) is 5.69 Å². The lowest BCUT2D eigenvalue weighted by Crippen LogP contribution is -2.14. The van der Waals surface area contributed by atoms with Gasteiger partial charge in [0.1, 0.15) is 0 Å². The zero-order valence-corrected chi connectivity index (χ0v) is 12.4. The van der Waals surface area contributed by atoms with E-state index in [0.29, 0.717) is 17.4 Å². The molecule has 0 aromatic carbocycles. The summed E-state index contributed by atoms with van der Waals surface area (Å²) in [6, 6.07) is 3.81. The molecule has 0 bridgehead atoms. The second-order valence-corrected chi connectivity index (χ2v) is 4.61. The van der Waals surface area contributed by atoms with Gasteiger partial charge in [-0.3, -0.25) is 9.78 Å². The van der Waals surface area contributed by atoms with Crippen molar-refractivity contribution in [3.8, 4) is 0 Å². The van der Waals surface area contributed by atoms with Crippen molar-refractivity contribution in [2.24, 2.45) is 0 Å². The van der Waals surface area contributed by atoms with Crippen LogP contribution in [0.5, 0.6) is 0 Å². The Bertz CT molecular complexity index is 573. The van der Waals surface area contributed by atoms with Gasteiger partial charge in [0, 0.05) is 29.5 Å². The van der Waals surface area contributed by atoms with E-state index in [4.69, 9.17) is 11.6 Å². The number of halogens is 1. The van der Waals surface area contributed by atoms with E-state index in [1.807, 2.05) is 37.1 Å². The van der Waals surface area contributed by atoms with Crippen molar-refractivity contribution in [3.63, 3.8) is 0 Å². The fraction of sp³-hybridized carbons (Fsp3) is 0.125. The maximum Gasteiger partial charge on any atom is 0.152 e. The van der Waals surface area contributed by atoms with Crippen molar-refractivity contribution in [2.45, 2.75) is 6.92 Å². The number of allylic oxidation sites excluding steroid dienone is 6. The van der Waals surface area contributed by atoms with Gasteiger partial charge in [0.2, 0.25) is 0 Å². The molecule has 3 nitrogen and oxygen atoms in total. The van der Waals surface area contributed by atoms with Crippen molar-refractivity contribution < 1.29 is 4.79 Å². The fourth-order valence-corrected chi connectivity index (χ4v) is 1.77. The SMILES string of the molecule is C=CC(/C=C(/C)N(C)c1cccnc1)=C(/C=O)C(=C)Cl. The lowest BCUT2D eigenvalue weighted by atomic mass is 10.1. The van der Waals surface area contributed by atoms with Crippen LogP contribution in [0.25, 0.3) is 0 Å². The van der Waals surface area contributed by atoms with E-state index < -0.39 is 0 Å². The predicted octanol–water partition coefficient (Wildman–Crippen LogP) is 3.86. The van der Waals surface area contributed by atoms with Crippen molar-refractivity contribution in [3.05, 3.63) is 71.7 Å². The average Bonchev–Trinajstić information content (AvgIpc) is 2.46. The van der Waals surface area contributed by atoms with Crippen molar-refractivity contribution in [1.29, 1.82) is 0 Å². The summed E-state index contributed by atoms with van der Waals surface area (Å²) in [6.07, 6.45) is 7.57. The molecule has 0 spiro atoms. The van der Waals surface area contributed by atoms with Gasteiger partial charge in [0.25, 0.3) is 0 Å². The summed E-state index contributed by atoms with van der Waals surface area (Å²) < 4.78 is 0. The molecule has 4 heteroatoms. The minimum Gasteiger partial charge on any atom is -0.347 e. The van der Waals surface area contributed by atoms with Crippen LogP contribution < -0.4 is 4.90 Å². The molecule has 1 aromatic heterocycles. The monoisotopic (exact) mass is 288 g/mol. The third-order valence-electron chi connectivity index (χ3n) is 2.87. The lowest BCUT2D eigenvalue weighted by molar-refractivity contribution is -0.104. The minimum atomic E-state index is 0.197. The highest BCUT2D eigenvalue weighted by Gasteiger charge is 2.07. The van der Waals surface area contributed by atoms with Gasteiger partial charge in [0.05, 0.1) is 11.9 Å². The first-order chi connectivity index (χ1) is 9.51. The summed E-state index contributed by atoms with van der Waals surface area (Å²) in [5.41, 5.74) is 2.83. The van der Waals surface area contributed by atoms with Gasteiger partial charge >= 0.3 is 0 Å². The Labute approximate surface area is 124 Å². The maximum absolute atomic E-state index is 11.1. The number of aromatic nitrogens is 1. The number of hydrogen-bond acceptors (Lipinski definition) is 3. The molecule has 1 aromatic rings. The summed E-state index contributed by atoms with van der Waals surface area (Å²) in [6.45, 7) is 9.21. The van der Waals surface area contributed by atoms with E-state index in [2.05, 4.69) is 18.1 Å². The molecule has 0 radical (unpaired) electrons. The number of rotatable bonds is 6. The maximum atomic E-state index is 11.1. The smallest absolute Gasteiger partial charge is 0.152 e. The highest BCUT2D eigenvalue weighted by atomic mass is 35.5. The standard InChI is InChI=1S/C16H17ClN2O/c1-5-14(16(11-20)13(3)17)9-12(2)19(4)15-7-6-8-18-10-15/h5-11H,1,3H2,2,4H3/b12-9-,16-14+. The molecule has 0 aliphatic carbocycles. The van der Waals surface area contributed by atoms with E-state index in [1.54, 1.807) is 18.5 Å². The molecule has 1 rings (SSSR count). The second-order valence-electron chi connectivity index (χ2n) is 4.15. The first-order valence-electron chi connectivity index (χ1n) is 6.00. The topological polar surface area (TPSA) is 33.2 Å². The molecule has 1 heterocycles. The first kappa shape index (κ1) is 15.9. The van der Waals surface area contributed by atoms with Gasteiger partial charge in [-0.2, -0.15) is 0 Å². The first-order valence-corrected chi connectivity index (χ1v) is 6.37. The third-order valence-corrected chi connectivity index (χ3v) is 3.07. The highest BCUT2D eigenvalue weighted by Crippen LogP contribution is 2.21. The number of pyridine rings is 1. The Morgan fingerprint density at radius 1 is 1.50 bits per heavy atom.